The molecule has 6 nitrogen and oxygen atoms in total. The van der Waals surface area contributed by atoms with Crippen molar-refractivity contribution in [2.24, 2.45) is 5.92 Å². The lowest BCUT2D eigenvalue weighted by Gasteiger charge is -2.21. The van der Waals surface area contributed by atoms with Gasteiger partial charge >= 0.3 is 5.97 Å². The number of rotatable bonds is 9. The summed E-state index contributed by atoms with van der Waals surface area (Å²) in [7, 11) is 0. The zero-order chi connectivity index (χ0) is 18.8. The molecule has 1 rings (SSSR count). The second kappa shape index (κ2) is 10.5. The summed E-state index contributed by atoms with van der Waals surface area (Å²) in [4.78, 5) is 35.7. The van der Waals surface area contributed by atoms with Gasteiger partial charge in [0.25, 0.3) is 5.91 Å². The lowest BCUT2D eigenvalue weighted by molar-refractivity contribution is -0.151. The van der Waals surface area contributed by atoms with Crippen LogP contribution in [0, 0.1) is 5.92 Å². The van der Waals surface area contributed by atoms with Crippen LogP contribution in [0.2, 0.25) is 0 Å². The highest BCUT2D eigenvalue weighted by atomic mass is 16.5. The van der Waals surface area contributed by atoms with E-state index in [0.717, 1.165) is 12.0 Å². The van der Waals surface area contributed by atoms with E-state index in [9.17, 15) is 14.4 Å². The summed E-state index contributed by atoms with van der Waals surface area (Å²) in [6.07, 6.45) is 0.816. The number of benzene rings is 1. The van der Waals surface area contributed by atoms with Gasteiger partial charge in [0, 0.05) is 6.04 Å². The Bertz CT molecular complexity index is 572. The highest BCUT2D eigenvalue weighted by Crippen LogP contribution is 2.28. The molecule has 2 amide bonds. The quantitative estimate of drug-likeness (QED) is 0.669. The molecule has 0 aliphatic carbocycles. The van der Waals surface area contributed by atoms with Crippen LogP contribution in [0.15, 0.2) is 30.3 Å². The molecular formula is C19H28N2O4. The number of ether oxygens (including phenoxy) is 1. The van der Waals surface area contributed by atoms with Crippen molar-refractivity contribution in [2.75, 3.05) is 13.2 Å². The van der Waals surface area contributed by atoms with Gasteiger partial charge in [-0.05, 0) is 25.3 Å². The van der Waals surface area contributed by atoms with Crippen molar-refractivity contribution >= 4 is 17.8 Å². The Kier molecular flexibility index (Phi) is 8.67. The van der Waals surface area contributed by atoms with Crippen molar-refractivity contribution in [1.29, 1.82) is 0 Å². The van der Waals surface area contributed by atoms with Gasteiger partial charge in [-0.15, -0.1) is 0 Å². The molecule has 0 aromatic heterocycles. The van der Waals surface area contributed by atoms with Crippen LogP contribution in [-0.2, 0) is 19.1 Å². The minimum Gasteiger partial charge on any atom is -0.455 e. The molecule has 0 aliphatic heterocycles. The van der Waals surface area contributed by atoms with Gasteiger partial charge in [-0.1, -0.05) is 50.6 Å². The third-order valence-electron chi connectivity index (χ3n) is 3.87. The molecule has 0 aliphatic rings. The van der Waals surface area contributed by atoms with Crippen LogP contribution in [-0.4, -0.2) is 37.0 Å². The lowest BCUT2D eigenvalue weighted by atomic mass is 9.86. The number of amides is 2. The number of hydrogen-bond acceptors (Lipinski definition) is 4. The third-order valence-corrected chi connectivity index (χ3v) is 3.87. The van der Waals surface area contributed by atoms with Crippen molar-refractivity contribution in [3.8, 4) is 0 Å². The Labute approximate surface area is 149 Å². The second-order valence-corrected chi connectivity index (χ2v) is 6.38. The maximum atomic E-state index is 12.5. The predicted octanol–water partition coefficient (Wildman–Crippen LogP) is 2.00. The molecule has 2 N–H and O–H groups in total. The van der Waals surface area contributed by atoms with E-state index in [-0.39, 0.29) is 24.4 Å². The summed E-state index contributed by atoms with van der Waals surface area (Å²) in [6, 6.07) is 9.40. The van der Waals surface area contributed by atoms with Crippen LogP contribution in [0.5, 0.6) is 0 Å². The molecule has 0 bridgehead atoms. The molecule has 0 spiro atoms. The summed E-state index contributed by atoms with van der Waals surface area (Å²) in [5, 5.41) is 5.10. The Hall–Kier alpha value is -2.37. The van der Waals surface area contributed by atoms with Gasteiger partial charge < -0.3 is 15.4 Å². The van der Waals surface area contributed by atoms with E-state index in [4.69, 9.17) is 4.74 Å². The molecule has 25 heavy (non-hydrogen) atoms. The summed E-state index contributed by atoms with van der Waals surface area (Å²) in [6.45, 7) is 7.12. The third kappa shape index (κ3) is 7.37. The maximum Gasteiger partial charge on any atom is 0.314 e. The molecule has 1 aromatic carbocycles. The average Bonchev–Trinajstić information content (AvgIpc) is 2.58. The average molecular weight is 348 g/mol. The van der Waals surface area contributed by atoms with Gasteiger partial charge in [0.15, 0.2) is 6.61 Å². The number of carbonyl (C=O) groups is 3. The highest BCUT2D eigenvalue weighted by molar-refractivity contribution is 5.87. The monoisotopic (exact) mass is 348 g/mol. The lowest BCUT2D eigenvalue weighted by Crippen LogP contribution is -2.41. The minimum atomic E-state index is -0.497. The molecule has 1 aromatic rings. The summed E-state index contributed by atoms with van der Waals surface area (Å²) >= 11 is 0. The topological polar surface area (TPSA) is 84.5 Å². The Morgan fingerprint density at radius 2 is 1.68 bits per heavy atom. The van der Waals surface area contributed by atoms with E-state index in [2.05, 4.69) is 10.6 Å². The van der Waals surface area contributed by atoms with Crippen LogP contribution in [0.25, 0.3) is 0 Å². The molecule has 0 radical (unpaired) electrons. The van der Waals surface area contributed by atoms with Crippen molar-refractivity contribution in [3.63, 3.8) is 0 Å². The number of hydrogen-bond donors (Lipinski definition) is 2. The molecule has 0 saturated carbocycles. The summed E-state index contributed by atoms with van der Waals surface area (Å²) in [5.41, 5.74) is 0.874. The summed E-state index contributed by atoms with van der Waals surface area (Å²) < 4.78 is 5.17. The van der Waals surface area contributed by atoms with Crippen molar-refractivity contribution in [3.05, 3.63) is 35.9 Å². The van der Waals surface area contributed by atoms with Crippen LogP contribution < -0.4 is 10.6 Å². The highest BCUT2D eigenvalue weighted by Gasteiger charge is 2.27. The number of carbonyl (C=O) groups excluding carboxylic acids is 3. The SMILES string of the molecule is CC[C@@H](C)[C@@H](C(=O)OCC(=O)NCC(=O)NC(C)C)c1ccccc1. The van der Waals surface area contributed by atoms with Gasteiger partial charge in [-0.25, -0.2) is 0 Å². The van der Waals surface area contributed by atoms with Crippen LogP contribution in [0.3, 0.4) is 0 Å². The first kappa shape index (κ1) is 20.7. The summed E-state index contributed by atoms with van der Waals surface area (Å²) in [5.74, 6) is -1.53. The van der Waals surface area contributed by atoms with E-state index in [1.54, 1.807) is 0 Å². The molecule has 0 unspecified atom stereocenters. The van der Waals surface area contributed by atoms with E-state index >= 15 is 0 Å². The van der Waals surface area contributed by atoms with Crippen molar-refractivity contribution in [2.45, 2.75) is 46.1 Å². The van der Waals surface area contributed by atoms with Gasteiger partial charge in [0.2, 0.25) is 5.91 Å². The fourth-order valence-electron chi connectivity index (χ4n) is 2.42. The molecule has 2 atom stereocenters. The molecule has 6 heteroatoms. The van der Waals surface area contributed by atoms with Crippen molar-refractivity contribution < 1.29 is 19.1 Å². The van der Waals surface area contributed by atoms with E-state index in [1.807, 2.05) is 58.0 Å². The first-order valence-corrected chi connectivity index (χ1v) is 8.62. The normalized spacial score (nSPS) is 13.0. The van der Waals surface area contributed by atoms with E-state index in [0.29, 0.717) is 0 Å². The number of esters is 1. The minimum absolute atomic E-state index is 0.00407. The Morgan fingerprint density at radius 3 is 2.24 bits per heavy atom. The van der Waals surface area contributed by atoms with Crippen LogP contribution in [0.1, 0.15) is 45.6 Å². The molecule has 138 valence electrons. The molecule has 0 fully saturated rings. The predicted molar refractivity (Wildman–Crippen MR) is 95.9 cm³/mol. The van der Waals surface area contributed by atoms with Gasteiger partial charge in [0.1, 0.15) is 0 Å². The standard InChI is InChI=1S/C19H28N2O4/c1-5-14(4)18(15-9-7-6-8-10-15)19(24)25-12-17(23)20-11-16(22)21-13(2)3/h6-10,13-14,18H,5,11-12H2,1-4H3,(H,20,23)(H,21,22)/t14-,18-/m1/s1. The van der Waals surface area contributed by atoms with Crippen LogP contribution >= 0.6 is 0 Å². The zero-order valence-electron chi connectivity index (χ0n) is 15.4. The second-order valence-electron chi connectivity index (χ2n) is 6.38. The fourth-order valence-corrected chi connectivity index (χ4v) is 2.42. The Balaban J connectivity index is 2.55. The Morgan fingerprint density at radius 1 is 1.04 bits per heavy atom. The van der Waals surface area contributed by atoms with E-state index in [1.165, 1.54) is 0 Å². The first-order valence-electron chi connectivity index (χ1n) is 8.62. The van der Waals surface area contributed by atoms with Crippen molar-refractivity contribution in [1.82, 2.24) is 10.6 Å². The van der Waals surface area contributed by atoms with E-state index < -0.39 is 24.4 Å². The van der Waals surface area contributed by atoms with Gasteiger partial charge in [-0.3, -0.25) is 14.4 Å². The fraction of sp³-hybridized carbons (Fsp3) is 0.526. The largest absolute Gasteiger partial charge is 0.455 e. The molecule has 0 heterocycles. The van der Waals surface area contributed by atoms with Gasteiger partial charge in [-0.2, -0.15) is 0 Å². The van der Waals surface area contributed by atoms with Crippen LogP contribution in [0.4, 0.5) is 0 Å². The van der Waals surface area contributed by atoms with Gasteiger partial charge in [0.05, 0.1) is 12.5 Å². The number of nitrogens with one attached hydrogen (secondary N) is 2. The zero-order valence-corrected chi connectivity index (χ0v) is 15.4. The molecule has 0 saturated heterocycles. The maximum absolute atomic E-state index is 12.5. The molecular weight excluding hydrogens is 320 g/mol. The first-order chi connectivity index (χ1) is 11.8. The smallest absolute Gasteiger partial charge is 0.314 e.